The minimum Gasteiger partial charge on any atom is -0.497 e. The molecule has 1 fully saturated rings. The molecule has 126 valence electrons. The molecule has 0 saturated carbocycles. The van der Waals surface area contributed by atoms with E-state index in [1.54, 1.807) is 7.11 Å². The van der Waals surface area contributed by atoms with Gasteiger partial charge in [0.05, 0.1) is 7.11 Å². The van der Waals surface area contributed by atoms with Crippen molar-refractivity contribution in [2.75, 3.05) is 44.7 Å². The molecule has 2 aromatic rings. The van der Waals surface area contributed by atoms with Crippen molar-refractivity contribution in [1.29, 1.82) is 0 Å². The quantitative estimate of drug-likeness (QED) is 0.522. The van der Waals surface area contributed by atoms with Crippen molar-refractivity contribution >= 4 is 11.4 Å². The van der Waals surface area contributed by atoms with Crippen LogP contribution in [0.15, 0.2) is 59.8 Å². The van der Waals surface area contributed by atoms with Crippen LogP contribution >= 0.6 is 0 Å². The summed E-state index contributed by atoms with van der Waals surface area (Å²) in [5, 5.41) is 12.8. The van der Waals surface area contributed by atoms with Crippen molar-refractivity contribution in [3.63, 3.8) is 0 Å². The van der Waals surface area contributed by atoms with Crippen molar-refractivity contribution in [3.05, 3.63) is 60.2 Å². The molecule has 5 heteroatoms. The second-order valence-corrected chi connectivity index (χ2v) is 5.87. The standard InChI is InChI=1S/C19H23N3O2/c1-24-18-9-7-17(8-10-18)22-13-11-21(12-14-22)15-19(20-23)16-5-3-2-4-6-16/h2-10,23H,11-15H2,1H3/b20-19+. The molecule has 0 spiro atoms. The second-order valence-electron chi connectivity index (χ2n) is 5.87. The molecule has 1 heterocycles. The highest BCUT2D eigenvalue weighted by atomic mass is 16.5. The molecule has 24 heavy (non-hydrogen) atoms. The Bertz CT molecular complexity index is 663. The molecular formula is C19H23N3O2. The minimum atomic E-state index is 0.664. The summed E-state index contributed by atoms with van der Waals surface area (Å²) in [7, 11) is 1.68. The van der Waals surface area contributed by atoms with Gasteiger partial charge in [-0.25, -0.2) is 0 Å². The Morgan fingerprint density at radius 1 is 1.00 bits per heavy atom. The van der Waals surface area contributed by atoms with Gasteiger partial charge in [0.1, 0.15) is 11.5 Å². The first-order valence-electron chi connectivity index (χ1n) is 8.18. The number of nitrogens with zero attached hydrogens (tertiary/aromatic N) is 3. The lowest BCUT2D eigenvalue weighted by atomic mass is 10.1. The Hall–Kier alpha value is -2.53. The lowest BCUT2D eigenvalue weighted by molar-refractivity contribution is 0.280. The molecular weight excluding hydrogens is 302 g/mol. The minimum absolute atomic E-state index is 0.664. The van der Waals surface area contributed by atoms with Crippen LogP contribution in [0.5, 0.6) is 5.75 Å². The average Bonchev–Trinajstić information content (AvgIpc) is 2.67. The molecule has 0 aromatic heterocycles. The summed E-state index contributed by atoms with van der Waals surface area (Å²) < 4.78 is 5.21. The third kappa shape index (κ3) is 3.86. The van der Waals surface area contributed by atoms with Crippen LogP contribution in [0, 0.1) is 0 Å². The highest BCUT2D eigenvalue weighted by Gasteiger charge is 2.19. The first kappa shape index (κ1) is 16.3. The average molecular weight is 325 g/mol. The van der Waals surface area contributed by atoms with Crippen LogP contribution in [-0.2, 0) is 0 Å². The van der Waals surface area contributed by atoms with Crippen LogP contribution in [0.2, 0.25) is 0 Å². The molecule has 1 saturated heterocycles. The molecule has 0 aliphatic carbocycles. The smallest absolute Gasteiger partial charge is 0.119 e. The number of ether oxygens (including phenoxy) is 1. The summed E-state index contributed by atoms with van der Waals surface area (Å²) in [4.78, 5) is 4.69. The molecule has 5 nitrogen and oxygen atoms in total. The van der Waals surface area contributed by atoms with E-state index in [9.17, 15) is 5.21 Å². The van der Waals surface area contributed by atoms with Gasteiger partial charge >= 0.3 is 0 Å². The molecule has 1 N–H and O–H groups in total. The molecule has 0 atom stereocenters. The predicted octanol–water partition coefficient (Wildman–Crippen LogP) is 2.70. The third-order valence-corrected chi connectivity index (χ3v) is 4.41. The van der Waals surface area contributed by atoms with Gasteiger partial charge in [0.2, 0.25) is 0 Å². The number of hydrogen-bond donors (Lipinski definition) is 1. The van der Waals surface area contributed by atoms with E-state index in [4.69, 9.17) is 4.74 Å². The number of piperazine rings is 1. The van der Waals surface area contributed by atoms with E-state index in [1.807, 2.05) is 42.5 Å². The van der Waals surface area contributed by atoms with Gasteiger partial charge < -0.3 is 14.8 Å². The van der Waals surface area contributed by atoms with Crippen LogP contribution in [0.4, 0.5) is 5.69 Å². The summed E-state index contributed by atoms with van der Waals surface area (Å²) in [6.07, 6.45) is 0. The van der Waals surface area contributed by atoms with Crippen molar-refractivity contribution in [2.24, 2.45) is 5.16 Å². The zero-order valence-electron chi connectivity index (χ0n) is 13.9. The summed E-state index contributed by atoms with van der Waals surface area (Å²) in [5.41, 5.74) is 2.90. The van der Waals surface area contributed by atoms with E-state index in [0.29, 0.717) is 12.3 Å². The van der Waals surface area contributed by atoms with Gasteiger partial charge in [-0.3, -0.25) is 4.90 Å². The first-order valence-corrected chi connectivity index (χ1v) is 8.18. The summed E-state index contributed by atoms with van der Waals surface area (Å²) in [5.74, 6) is 0.879. The van der Waals surface area contributed by atoms with Gasteiger partial charge in [-0.1, -0.05) is 35.5 Å². The largest absolute Gasteiger partial charge is 0.497 e. The van der Waals surface area contributed by atoms with Crippen molar-refractivity contribution in [1.82, 2.24) is 4.90 Å². The topological polar surface area (TPSA) is 48.3 Å². The Kier molecular flexibility index (Phi) is 5.33. The fraction of sp³-hybridized carbons (Fsp3) is 0.316. The normalized spacial score (nSPS) is 16.2. The summed E-state index contributed by atoms with van der Waals surface area (Å²) in [6.45, 7) is 4.46. The summed E-state index contributed by atoms with van der Waals surface area (Å²) >= 11 is 0. The molecule has 1 aliphatic heterocycles. The SMILES string of the molecule is COc1ccc(N2CCN(C/C(=N\O)c3ccccc3)CC2)cc1. The number of anilines is 1. The van der Waals surface area contributed by atoms with Gasteiger partial charge in [-0.15, -0.1) is 0 Å². The van der Waals surface area contributed by atoms with E-state index in [1.165, 1.54) is 5.69 Å². The molecule has 0 amide bonds. The third-order valence-electron chi connectivity index (χ3n) is 4.41. The van der Waals surface area contributed by atoms with Gasteiger partial charge in [-0.2, -0.15) is 0 Å². The van der Waals surface area contributed by atoms with E-state index in [0.717, 1.165) is 37.5 Å². The fourth-order valence-electron chi connectivity index (χ4n) is 2.98. The highest BCUT2D eigenvalue weighted by molar-refractivity contribution is 6.01. The zero-order chi connectivity index (χ0) is 16.8. The molecule has 3 rings (SSSR count). The number of rotatable bonds is 5. The van der Waals surface area contributed by atoms with Gasteiger partial charge in [0.25, 0.3) is 0 Å². The highest BCUT2D eigenvalue weighted by Crippen LogP contribution is 2.20. The molecule has 2 aromatic carbocycles. The lowest BCUT2D eigenvalue weighted by Crippen LogP contribution is -2.48. The van der Waals surface area contributed by atoms with Gasteiger partial charge in [0.15, 0.2) is 0 Å². The number of benzene rings is 2. The maximum atomic E-state index is 9.33. The second kappa shape index (κ2) is 7.84. The van der Waals surface area contributed by atoms with E-state index in [2.05, 4.69) is 27.1 Å². The Morgan fingerprint density at radius 2 is 1.67 bits per heavy atom. The Balaban J connectivity index is 1.56. The molecule has 0 unspecified atom stereocenters. The van der Waals surface area contributed by atoms with Crippen LogP contribution in [-0.4, -0.2) is 55.7 Å². The first-order chi connectivity index (χ1) is 11.8. The van der Waals surface area contributed by atoms with Crippen LogP contribution < -0.4 is 9.64 Å². The zero-order valence-corrected chi connectivity index (χ0v) is 13.9. The van der Waals surface area contributed by atoms with Crippen molar-refractivity contribution < 1.29 is 9.94 Å². The molecule has 1 aliphatic rings. The monoisotopic (exact) mass is 325 g/mol. The maximum Gasteiger partial charge on any atom is 0.119 e. The van der Waals surface area contributed by atoms with Gasteiger partial charge in [-0.05, 0) is 24.3 Å². The Labute approximate surface area is 142 Å². The predicted molar refractivity (Wildman–Crippen MR) is 96.4 cm³/mol. The van der Waals surface area contributed by atoms with E-state index < -0.39 is 0 Å². The van der Waals surface area contributed by atoms with Crippen molar-refractivity contribution in [2.45, 2.75) is 0 Å². The summed E-state index contributed by atoms with van der Waals surface area (Å²) in [6, 6.07) is 18.0. The van der Waals surface area contributed by atoms with E-state index in [-0.39, 0.29) is 0 Å². The van der Waals surface area contributed by atoms with Gasteiger partial charge in [0, 0.05) is 44.0 Å². The maximum absolute atomic E-state index is 9.33. The van der Waals surface area contributed by atoms with E-state index >= 15 is 0 Å². The number of oxime groups is 1. The Morgan fingerprint density at radius 3 is 2.25 bits per heavy atom. The number of methoxy groups -OCH3 is 1. The van der Waals surface area contributed by atoms with Crippen LogP contribution in [0.1, 0.15) is 5.56 Å². The molecule has 0 radical (unpaired) electrons. The fourth-order valence-corrected chi connectivity index (χ4v) is 2.98. The van der Waals surface area contributed by atoms with Crippen molar-refractivity contribution in [3.8, 4) is 5.75 Å². The number of hydrogen-bond acceptors (Lipinski definition) is 5. The lowest BCUT2D eigenvalue weighted by Gasteiger charge is -2.36. The van der Waals surface area contributed by atoms with Crippen LogP contribution in [0.3, 0.4) is 0 Å². The van der Waals surface area contributed by atoms with Crippen LogP contribution in [0.25, 0.3) is 0 Å². The molecule has 0 bridgehead atoms.